The highest BCUT2D eigenvalue weighted by molar-refractivity contribution is 7.12. The minimum Gasteiger partial charge on any atom is -0.493 e. The smallest absolute Gasteiger partial charge is 0.265 e. The van der Waals surface area contributed by atoms with Crippen molar-refractivity contribution in [3.63, 3.8) is 0 Å². The van der Waals surface area contributed by atoms with Crippen LogP contribution in [0.1, 0.15) is 25.6 Å². The molecule has 2 heterocycles. The van der Waals surface area contributed by atoms with E-state index in [9.17, 15) is 9.59 Å². The first-order chi connectivity index (χ1) is 13.5. The third-order valence-corrected chi connectivity index (χ3v) is 4.81. The Morgan fingerprint density at radius 2 is 2.04 bits per heavy atom. The minimum absolute atomic E-state index is 0.289. The molecular formula is C19H20N4O4S. The summed E-state index contributed by atoms with van der Waals surface area (Å²) in [6, 6.07) is 6.64. The molecule has 8 nitrogen and oxygen atoms in total. The van der Waals surface area contributed by atoms with Crippen molar-refractivity contribution in [2.75, 3.05) is 19.5 Å². The molecule has 0 aliphatic rings. The van der Waals surface area contributed by atoms with E-state index in [-0.39, 0.29) is 11.8 Å². The van der Waals surface area contributed by atoms with Crippen LogP contribution in [0, 0.1) is 0 Å². The van der Waals surface area contributed by atoms with Gasteiger partial charge < -0.3 is 20.1 Å². The molecule has 0 radical (unpaired) electrons. The Balaban J connectivity index is 1.84. The molecule has 146 valence electrons. The number of thiophene rings is 1. The van der Waals surface area contributed by atoms with Crippen molar-refractivity contribution in [2.24, 2.45) is 7.05 Å². The average molecular weight is 400 g/mol. The molecule has 0 unspecified atom stereocenters. The third-order valence-electron chi connectivity index (χ3n) is 3.95. The van der Waals surface area contributed by atoms with Gasteiger partial charge in [-0.15, -0.1) is 11.3 Å². The number of hydrogen-bond donors (Lipinski definition) is 2. The number of nitrogens with one attached hydrogen (secondary N) is 2. The summed E-state index contributed by atoms with van der Waals surface area (Å²) >= 11 is 1.32. The average Bonchev–Trinajstić information content (AvgIpc) is 3.37. The zero-order valence-electron chi connectivity index (χ0n) is 15.7. The second kappa shape index (κ2) is 8.57. The van der Waals surface area contributed by atoms with E-state index in [0.717, 1.165) is 5.56 Å². The normalized spacial score (nSPS) is 10.4. The molecule has 1 aromatic carbocycles. The van der Waals surface area contributed by atoms with Crippen LogP contribution in [-0.4, -0.2) is 35.8 Å². The number of aromatic nitrogens is 2. The molecule has 0 bridgehead atoms. The van der Waals surface area contributed by atoms with Crippen LogP contribution in [-0.2, 0) is 13.6 Å². The molecule has 0 saturated heterocycles. The van der Waals surface area contributed by atoms with E-state index < -0.39 is 0 Å². The topological polar surface area (TPSA) is 94.5 Å². The fourth-order valence-electron chi connectivity index (χ4n) is 2.63. The molecule has 0 spiro atoms. The number of hydrogen-bond acceptors (Lipinski definition) is 6. The monoisotopic (exact) mass is 400 g/mol. The van der Waals surface area contributed by atoms with E-state index in [2.05, 4.69) is 15.7 Å². The predicted octanol–water partition coefficient (Wildman–Crippen LogP) is 2.68. The van der Waals surface area contributed by atoms with Gasteiger partial charge in [0, 0.05) is 30.9 Å². The van der Waals surface area contributed by atoms with Crippen LogP contribution in [0.3, 0.4) is 0 Å². The maximum Gasteiger partial charge on any atom is 0.265 e. The maximum absolute atomic E-state index is 12.6. The van der Waals surface area contributed by atoms with E-state index in [1.54, 1.807) is 35.1 Å². The number of carbonyl (C=O) groups excluding carboxylic acids is 2. The van der Waals surface area contributed by atoms with Crippen LogP contribution in [0.4, 0.5) is 5.69 Å². The van der Waals surface area contributed by atoms with E-state index >= 15 is 0 Å². The van der Waals surface area contributed by atoms with Crippen LogP contribution in [0.2, 0.25) is 0 Å². The summed E-state index contributed by atoms with van der Waals surface area (Å²) in [6.45, 7) is 0.331. The molecule has 2 amide bonds. The first kappa shape index (κ1) is 19.4. The Hall–Kier alpha value is -3.33. The molecule has 0 saturated carbocycles. The molecule has 3 rings (SSSR count). The Kier molecular flexibility index (Phi) is 5.95. The number of rotatable bonds is 7. The lowest BCUT2D eigenvalue weighted by Crippen LogP contribution is -2.23. The van der Waals surface area contributed by atoms with Crippen molar-refractivity contribution < 1.29 is 19.1 Å². The van der Waals surface area contributed by atoms with E-state index in [0.29, 0.717) is 34.2 Å². The number of anilines is 1. The standard InChI is InChI=1S/C19H20N4O4S/c1-23-11-12(10-21-23)9-20-18(24)13-7-14(17(27-3)15(8-13)26-2)22-19(25)16-5-4-6-28-16/h4-8,10-11H,9H2,1-3H3,(H,20,24)(H,22,25). The number of carbonyl (C=O) groups is 2. The zero-order valence-corrected chi connectivity index (χ0v) is 16.5. The summed E-state index contributed by atoms with van der Waals surface area (Å²) < 4.78 is 12.4. The van der Waals surface area contributed by atoms with E-state index in [4.69, 9.17) is 9.47 Å². The second-order valence-corrected chi connectivity index (χ2v) is 6.84. The molecule has 3 aromatic rings. The summed E-state index contributed by atoms with van der Waals surface area (Å²) in [7, 11) is 4.75. The summed E-state index contributed by atoms with van der Waals surface area (Å²) in [4.78, 5) is 25.6. The van der Waals surface area contributed by atoms with Crippen molar-refractivity contribution in [3.8, 4) is 11.5 Å². The molecule has 0 aliphatic heterocycles. The molecule has 2 aromatic heterocycles. The van der Waals surface area contributed by atoms with Gasteiger partial charge in [0.2, 0.25) is 0 Å². The van der Waals surface area contributed by atoms with Crippen molar-refractivity contribution in [1.82, 2.24) is 15.1 Å². The number of nitrogens with zero attached hydrogens (tertiary/aromatic N) is 2. The second-order valence-electron chi connectivity index (χ2n) is 5.90. The van der Waals surface area contributed by atoms with Gasteiger partial charge in [-0.05, 0) is 23.6 Å². The highest BCUT2D eigenvalue weighted by Crippen LogP contribution is 2.37. The third kappa shape index (κ3) is 4.32. The largest absolute Gasteiger partial charge is 0.493 e. The Bertz CT molecular complexity index is 982. The zero-order chi connectivity index (χ0) is 20.1. The van der Waals surface area contributed by atoms with Gasteiger partial charge >= 0.3 is 0 Å². The molecule has 9 heteroatoms. The van der Waals surface area contributed by atoms with Gasteiger partial charge in [-0.1, -0.05) is 6.07 Å². The molecule has 28 heavy (non-hydrogen) atoms. The highest BCUT2D eigenvalue weighted by Gasteiger charge is 2.19. The number of benzene rings is 1. The van der Waals surface area contributed by atoms with E-state index in [1.807, 2.05) is 18.6 Å². The Labute approximate surface area is 166 Å². The van der Waals surface area contributed by atoms with Crippen LogP contribution >= 0.6 is 11.3 Å². The van der Waals surface area contributed by atoms with Gasteiger partial charge in [0.05, 0.1) is 31.0 Å². The van der Waals surface area contributed by atoms with Crippen molar-refractivity contribution in [2.45, 2.75) is 6.54 Å². The lowest BCUT2D eigenvalue weighted by molar-refractivity contribution is 0.0949. The highest BCUT2D eigenvalue weighted by atomic mass is 32.1. The van der Waals surface area contributed by atoms with Crippen molar-refractivity contribution in [1.29, 1.82) is 0 Å². The quantitative estimate of drug-likeness (QED) is 0.636. The van der Waals surface area contributed by atoms with Crippen LogP contribution < -0.4 is 20.1 Å². The fraction of sp³-hybridized carbons (Fsp3) is 0.211. The van der Waals surface area contributed by atoms with Gasteiger partial charge in [0.1, 0.15) is 0 Å². The van der Waals surface area contributed by atoms with Crippen molar-refractivity contribution >= 4 is 28.8 Å². The summed E-state index contributed by atoms with van der Waals surface area (Å²) in [5.41, 5.74) is 1.57. The van der Waals surface area contributed by atoms with Gasteiger partial charge in [0.15, 0.2) is 11.5 Å². The molecular weight excluding hydrogens is 380 g/mol. The number of aryl methyl sites for hydroxylation is 1. The Morgan fingerprint density at radius 3 is 2.64 bits per heavy atom. The van der Waals surface area contributed by atoms with Gasteiger partial charge in [-0.25, -0.2) is 0 Å². The summed E-state index contributed by atoms with van der Waals surface area (Å²) in [6.07, 6.45) is 3.50. The maximum atomic E-state index is 12.6. The van der Waals surface area contributed by atoms with Gasteiger partial charge in [-0.3, -0.25) is 14.3 Å². The number of amides is 2. The minimum atomic E-state index is -0.309. The first-order valence-electron chi connectivity index (χ1n) is 8.38. The fourth-order valence-corrected chi connectivity index (χ4v) is 3.25. The lowest BCUT2D eigenvalue weighted by atomic mass is 10.1. The van der Waals surface area contributed by atoms with Gasteiger partial charge in [-0.2, -0.15) is 5.10 Å². The predicted molar refractivity (Wildman–Crippen MR) is 106 cm³/mol. The van der Waals surface area contributed by atoms with Crippen molar-refractivity contribution in [3.05, 3.63) is 58.0 Å². The number of ether oxygens (including phenoxy) is 2. The Morgan fingerprint density at radius 1 is 1.21 bits per heavy atom. The SMILES string of the molecule is COc1cc(C(=O)NCc2cnn(C)c2)cc(NC(=O)c2cccs2)c1OC. The van der Waals surface area contributed by atoms with Gasteiger partial charge in [0.25, 0.3) is 11.8 Å². The first-order valence-corrected chi connectivity index (χ1v) is 9.26. The molecule has 0 aliphatic carbocycles. The van der Waals surface area contributed by atoms with E-state index in [1.165, 1.54) is 25.6 Å². The summed E-state index contributed by atoms with van der Waals surface area (Å²) in [5.74, 6) is 0.0916. The van der Waals surface area contributed by atoms with Crippen LogP contribution in [0.25, 0.3) is 0 Å². The molecule has 2 N–H and O–H groups in total. The lowest BCUT2D eigenvalue weighted by Gasteiger charge is -2.15. The summed E-state index contributed by atoms with van der Waals surface area (Å²) in [5, 5.41) is 11.5. The number of methoxy groups -OCH3 is 2. The molecule has 0 fully saturated rings. The van der Waals surface area contributed by atoms with Crippen LogP contribution in [0.5, 0.6) is 11.5 Å². The van der Waals surface area contributed by atoms with Crippen LogP contribution in [0.15, 0.2) is 42.0 Å². The molecule has 0 atom stereocenters.